The number of aliphatic hydroxyl groups excluding tert-OH is 1. The Labute approximate surface area is 88.9 Å². The Balaban J connectivity index is 2.55. The Morgan fingerprint density at radius 3 is 1.93 bits per heavy atom. The lowest BCUT2D eigenvalue weighted by Crippen LogP contribution is -2.36. The molecule has 0 aromatic carbocycles. The molecule has 0 amide bonds. The van der Waals surface area contributed by atoms with Crippen molar-refractivity contribution in [3.8, 4) is 0 Å². The van der Waals surface area contributed by atoms with Gasteiger partial charge in [-0.25, -0.2) is 0 Å². The second-order valence-corrected chi connectivity index (χ2v) is 5.76. The summed E-state index contributed by atoms with van der Waals surface area (Å²) in [5.41, 5.74) is 0.241. The lowest BCUT2D eigenvalue weighted by Gasteiger charge is -2.43. The molecule has 1 aliphatic rings. The molecule has 0 aliphatic heterocycles. The van der Waals surface area contributed by atoms with E-state index < -0.39 is 0 Å². The summed E-state index contributed by atoms with van der Waals surface area (Å²) in [6.45, 7) is 9.55. The van der Waals surface area contributed by atoms with E-state index in [0.29, 0.717) is 12.5 Å². The normalized spacial score (nSPS) is 34.1. The lowest BCUT2D eigenvalue weighted by atomic mass is 9.63. The number of rotatable bonds is 3. The third-order valence-corrected chi connectivity index (χ3v) is 4.51. The monoisotopic (exact) mass is 198 g/mol. The fraction of sp³-hybridized carbons (Fsp3) is 1.00. The van der Waals surface area contributed by atoms with Crippen LogP contribution in [0.15, 0.2) is 0 Å². The van der Waals surface area contributed by atoms with Gasteiger partial charge in [0.25, 0.3) is 0 Å². The molecule has 0 bridgehead atoms. The SMILES string of the molecule is CC(C)C1CCC(CO)(C(C)C)CC1. The lowest BCUT2D eigenvalue weighted by molar-refractivity contribution is 0.0154. The first-order valence-corrected chi connectivity index (χ1v) is 6.12. The fourth-order valence-corrected chi connectivity index (χ4v) is 2.80. The highest BCUT2D eigenvalue weighted by Crippen LogP contribution is 2.45. The minimum atomic E-state index is 0.241. The molecule has 1 heteroatoms. The van der Waals surface area contributed by atoms with Crippen LogP contribution < -0.4 is 0 Å². The summed E-state index contributed by atoms with van der Waals surface area (Å²) in [4.78, 5) is 0. The molecule has 1 saturated carbocycles. The molecule has 0 heterocycles. The van der Waals surface area contributed by atoms with Crippen LogP contribution in [-0.4, -0.2) is 11.7 Å². The van der Waals surface area contributed by atoms with Gasteiger partial charge in [0.05, 0.1) is 0 Å². The van der Waals surface area contributed by atoms with Crippen LogP contribution in [0.25, 0.3) is 0 Å². The average Bonchev–Trinajstić information content (AvgIpc) is 2.17. The molecule has 0 saturated heterocycles. The maximum atomic E-state index is 9.54. The summed E-state index contributed by atoms with van der Waals surface area (Å²) in [5, 5.41) is 9.54. The van der Waals surface area contributed by atoms with Crippen LogP contribution in [0.4, 0.5) is 0 Å². The maximum Gasteiger partial charge on any atom is 0.0489 e. The molecule has 1 N–H and O–H groups in total. The topological polar surface area (TPSA) is 20.2 Å². The third kappa shape index (κ3) is 2.31. The average molecular weight is 198 g/mol. The van der Waals surface area contributed by atoms with Crippen molar-refractivity contribution in [3.63, 3.8) is 0 Å². The molecule has 1 aliphatic carbocycles. The second kappa shape index (κ2) is 4.65. The number of aliphatic hydroxyl groups is 1. The molecule has 0 atom stereocenters. The van der Waals surface area contributed by atoms with E-state index in [1.54, 1.807) is 0 Å². The largest absolute Gasteiger partial charge is 0.396 e. The molecule has 0 spiro atoms. The van der Waals surface area contributed by atoms with Crippen molar-refractivity contribution in [1.82, 2.24) is 0 Å². The summed E-state index contributed by atoms with van der Waals surface area (Å²) in [6, 6.07) is 0. The highest BCUT2D eigenvalue weighted by atomic mass is 16.3. The number of hydrogen-bond donors (Lipinski definition) is 1. The van der Waals surface area contributed by atoms with Gasteiger partial charge in [0, 0.05) is 6.61 Å². The Morgan fingerprint density at radius 1 is 1.14 bits per heavy atom. The van der Waals surface area contributed by atoms with Gasteiger partial charge in [-0.3, -0.25) is 0 Å². The van der Waals surface area contributed by atoms with Gasteiger partial charge < -0.3 is 5.11 Å². The van der Waals surface area contributed by atoms with Gasteiger partial charge in [0.15, 0.2) is 0 Å². The van der Waals surface area contributed by atoms with Crippen molar-refractivity contribution < 1.29 is 5.11 Å². The molecular formula is C13H26O. The maximum absolute atomic E-state index is 9.54. The van der Waals surface area contributed by atoms with Crippen molar-refractivity contribution in [2.24, 2.45) is 23.2 Å². The predicted molar refractivity (Wildman–Crippen MR) is 61.2 cm³/mol. The minimum absolute atomic E-state index is 0.241. The molecule has 0 aromatic rings. The summed E-state index contributed by atoms with van der Waals surface area (Å²) in [6.07, 6.45) is 5.08. The summed E-state index contributed by atoms with van der Waals surface area (Å²) < 4.78 is 0. The highest BCUT2D eigenvalue weighted by molar-refractivity contribution is 4.88. The molecule has 0 unspecified atom stereocenters. The van der Waals surface area contributed by atoms with Crippen molar-refractivity contribution >= 4 is 0 Å². The van der Waals surface area contributed by atoms with Crippen molar-refractivity contribution in [1.29, 1.82) is 0 Å². The Hall–Kier alpha value is -0.0400. The van der Waals surface area contributed by atoms with Gasteiger partial charge in [-0.05, 0) is 48.9 Å². The summed E-state index contributed by atoms with van der Waals surface area (Å²) in [7, 11) is 0. The first-order valence-electron chi connectivity index (χ1n) is 6.12. The van der Waals surface area contributed by atoms with Crippen molar-refractivity contribution in [2.45, 2.75) is 53.4 Å². The molecular weight excluding hydrogens is 172 g/mol. The first kappa shape index (κ1) is 12.0. The fourth-order valence-electron chi connectivity index (χ4n) is 2.80. The zero-order valence-corrected chi connectivity index (χ0v) is 10.2. The van der Waals surface area contributed by atoms with E-state index >= 15 is 0 Å². The molecule has 0 aromatic heterocycles. The van der Waals surface area contributed by atoms with E-state index in [1.807, 2.05) is 0 Å². The van der Waals surface area contributed by atoms with Crippen molar-refractivity contribution in [2.75, 3.05) is 6.61 Å². The van der Waals surface area contributed by atoms with Crippen LogP contribution in [-0.2, 0) is 0 Å². The van der Waals surface area contributed by atoms with Crippen LogP contribution in [0.5, 0.6) is 0 Å². The van der Waals surface area contributed by atoms with Gasteiger partial charge >= 0.3 is 0 Å². The summed E-state index contributed by atoms with van der Waals surface area (Å²) in [5.74, 6) is 2.34. The smallest absolute Gasteiger partial charge is 0.0489 e. The van der Waals surface area contributed by atoms with Crippen LogP contribution in [0.2, 0.25) is 0 Å². The van der Waals surface area contributed by atoms with Crippen LogP contribution in [0, 0.1) is 23.2 Å². The third-order valence-electron chi connectivity index (χ3n) is 4.51. The van der Waals surface area contributed by atoms with Crippen LogP contribution in [0.1, 0.15) is 53.4 Å². The highest BCUT2D eigenvalue weighted by Gasteiger charge is 2.37. The van der Waals surface area contributed by atoms with Crippen LogP contribution in [0.3, 0.4) is 0 Å². The zero-order chi connectivity index (χ0) is 10.8. The van der Waals surface area contributed by atoms with Gasteiger partial charge in [0.1, 0.15) is 0 Å². The van der Waals surface area contributed by atoms with E-state index in [-0.39, 0.29) is 5.41 Å². The molecule has 0 radical (unpaired) electrons. The van der Waals surface area contributed by atoms with E-state index in [0.717, 1.165) is 11.8 Å². The molecule has 1 nitrogen and oxygen atoms in total. The van der Waals surface area contributed by atoms with Crippen LogP contribution >= 0.6 is 0 Å². The van der Waals surface area contributed by atoms with E-state index in [2.05, 4.69) is 27.7 Å². The quantitative estimate of drug-likeness (QED) is 0.736. The van der Waals surface area contributed by atoms with E-state index in [4.69, 9.17) is 0 Å². The van der Waals surface area contributed by atoms with Gasteiger partial charge in [-0.15, -0.1) is 0 Å². The van der Waals surface area contributed by atoms with Gasteiger partial charge in [0.2, 0.25) is 0 Å². The minimum Gasteiger partial charge on any atom is -0.396 e. The van der Waals surface area contributed by atoms with E-state index in [9.17, 15) is 5.11 Å². The van der Waals surface area contributed by atoms with E-state index in [1.165, 1.54) is 25.7 Å². The summed E-state index contributed by atoms with van der Waals surface area (Å²) >= 11 is 0. The second-order valence-electron chi connectivity index (χ2n) is 5.76. The molecule has 1 rings (SSSR count). The molecule has 1 fully saturated rings. The molecule has 14 heavy (non-hydrogen) atoms. The predicted octanol–water partition coefficient (Wildman–Crippen LogP) is 3.47. The Bertz CT molecular complexity index is 164. The van der Waals surface area contributed by atoms with Gasteiger partial charge in [-0.2, -0.15) is 0 Å². The Morgan fingerprint density at radius 2 is 1.64 bits per heavy atom. The first-order chi connectivity index (χ1) is 6.52. The zero-order valence-electron chi connectivity index (χ0n) is 10.2. The van der Waals surface area contributed by atoms with Crippen molar-refractivity contribution in [3.05, 3.63) is 0 Å². The standard InChI is InChI=1S/C13H26O/c1-10(2)12-5-7-13(9-14,8-6-12)11(3)4/h10-12,14H,5-9H2,1-4H3. The number of hydrogen-bond acceptors (Lipinski definition) is 1. The Kier molecular flexibility index (Phi) is 4.00. The molecule has 84 valence electrons. The van der Waals surface area contributed by atoms with Gasteiger partial charge in [-0.1, -0.05) is 27.7 Å².